The van der Waals surface area contributed by atoms with Crippen molar-refractivity contribution < 1.29 is 18.9 Å². The molecule has 4 rings (SSSR count). The maximum Gasteiger partial charge on any atom is 0.184 e. The number of thioether (sulfide) groups is 1. The summed E-state index contributed by atoms with van der Waals surface area (Å²) in [7, 11) is 1.60. The highest BCUT2D eigenvalue weighted by atomic mass is 32.2. The van der Waals surface area contributed by atoms with Crippen LogP contribution in [0.15, 0.2) is 65.8 Å². The Morgan fingerprint density at radius 2 is 1.83 bits per heavy atom. The van der Waals surface area contributed by atoms with Crippen molar-refractivity contribution in [1.82, 2.24) is 0 Å². The van der Waals surface area contributed by atoms with Crippen LogP contribution in [0.4, 0.5) is 0 Å². The smallest absolute Gasteiger partial charge is 0.184 e. The Morgan fingerprint density at radius 3 is 2.52 bits per heavy atom. The van der Waals surface area contributed by atoms with E-state index in [0.29, 0.717) is 6.61 Å². The van der Waals surface area contributed by atoms with Crippen molar-refractivity contribution in [3.05, 3.63) is 82.2 Å². The number of benzene rings is 2. The second-order valence-corrected chi connectivity index (χ2v) is 8.08. The van der Waals surface area contributed by atoms with Crippen LogP contribution in [-0.2, 0) is 24.7 Å². The maximum atomic E-state index is 9.23. The first-order chi connectivity index (χ1) is 14.3. The van der Waals surface area contributed by atoms with Crippen molar-refractivity contribution in [3.8, 4) is 0 Å². The van der Waals surface area contributed by atoms with Gasteiger partial charge in [0.2, 0.25) is 0 Å². The standard InChI is InChI=1S/C21H23N3O4S/c1-25-21-19(29-13-14-8-4-2-5-9-14)17(23-24-22)18-16(27-21)12-26-20(28-18)15-10-6-3-7-11-15/h2-11,16-21H,12-13H2,1H3. The van der Waals surface area contributed by atoms with Crippen molar-refractivity contribution in [2.45, 2.75) is 41.8 Å². The summed E-state index contributed by atoms with van der Waals surface area (Å²) in [4.78, 5) is 3.10. The molecule has 2 fully saturated rings. The monoisotopic (exact) mass is 413 g/mol. The summed E-state index contributed by atoms with van der Waals surface area (Å²) < 4.78 is 23.8. The number of methoxy groups -OCH3 is 1. The zero-order chi connectivity index (χ0) is 20.1. The topological polar surface area (TPSA) is 85.7 Å². The molecule has 2 aliphatic heterocycles. The third-order valence-corrected chi connectivity index (χ3v) is 6.47. The van der Waals surface area contributed by atoms with Gasteiger partial charge in [0.15, 0.2) is 12.6 Å². The molecular weight excluding hydrogens is 390 g/mol. The van der Waals surface area contributed by atoms with Gasteiger partial charge < -0.3 is 18.9 Å². The van der Waals surface area contributed by atoms with Gasteiger partial charge in [0, 0.05) is 23.3 Å². The predicted molar refractivity (Wildman–Crippen MR) is 110 cm³/mol. The van der Waals surface area contributed by atoms with Crippen molar-refractivity contribution >= 4 is 11.8 Å². The van der Waals surface area contributed by atoms with Crippen LogP contribution in [0.1, 0.15) is 17.4 Å². The van der Waals surface area contributed by atoms with E-state index in [1.807, 2.05) is 48.5 Å². The van der Waals surface area contributed by atoms with Gasteiger partial charge in [-0.05, 0) is 11.1 Å². The lowest BCUT2D eigenvalue weighted by molar-refractivity contribution is -0.315. The van der Waals surface area contributed by atoms with Crippen molar-refractivity contribution in [3.63, 3.8) is 0 Å². The Hall–Kier alpha value is -2.06. The van der Waals surface area contributed by atoms with Gasteiger partial charge in [-0.3, -0.25) is 0 Å². The van der Waals surface area contributed by atoms with Crippen LogP contribution < -0.4 is 0 Å². The molecule has 0 aliphatic carbocycles. The van der Waals surface area contributed by atoms with E-state index < -0.39 is 24.7 Å². The molecule has 0 N–H and O–H groups in total. The van der Waals surface area contributed by atoms with Crippen LogP contribution in [0.25, 0.3) is 10.4 Å². The molecule has 2 aliphatic rings. The molecule has 0 aromatic heterocycles. The van der Waals surface area contributed by atoms with Crippen LogP contribution in [0.5, 0.6) is 0 Å². The van der Waals surface area contributed by atoms with Gasteiger partial charge in [-0.2, -0.15) is 0 Å². The summed E-state index contributed by atoms with van der Waals surface area (Å²) >= 11 is 1.65. The quantitative estimate of drug-likeness (QED) is 0.397. The van der Waals surface area contributed by atoms with Crippen molar-refractivity contribution in [2.75, 3.05) is 13.7 Å². The molecule has 152 valence electrons. The van der Waals surface area contributed by atoms with E-state index >= 15 is 0 Å². The van der Waals surface area contributed by atoms with Gasteiger partial charge in [-0.25, -0.2) is 0 Å². The van der Waals surface area contributed by atoms with E-state index in [4.69, 9.17) is 18.9 Å². The zero-order valence-corrected chi connectivity index (χ0v) is 16.9. The number of ether oxygens (including phenoxy) is 4. The van der Waals surface area contributed by atoms with Gasteiger partial charge in [0.1, 0.15) is 6.10 Å². The number of fused-ring (bicyclic) bond motifs is 1. The highest BCUT2D eigenvalue weighted by molar-refractivity contribution is 7.99. The summed E-state index contributed by atoms with van der Waals surface area (Å²) in [5.41, 5.74) is 11.3. The van der Waals surface area contributed by atoms with Crippen LogP contribution >= 0.6 is 11.8 Å². The number of nitrogens with zero attached hydrogens (tertiary/aromatic N) is 3. The van der Waals surface area contributed by atoms with Crippen LogP contribution in [0.3, 0.4) is 0 Å². The highest BCUT2D eigenvalue weighted by Crippen LogP contribution is 2.40. The summed E-state index contributed by atoms with van der Waals surface area (Å²) in [5, 5.41) is 3.91. The molecule has 8 heteroatoms. The number of hydrogen-bond acceptors (Lipinski definition) is 6. The molecule has 29 heavy (non-hydrogen) atoms. The lowest BCUT2D eigenvalue weighted by atomic mass is 9.97. The van der Waals surface area contributed by atoms with Crippen LogP contribution in [0.2, 0.25) is 0 Å². The molecule has 2 aromatic rings. The van der Waals surface area contributed by atoms with E-state index in [-0.39, 0.29) is 11.4 Å². The first-order valence-corrected chi connectivity index (χ1v) is 10.5. The molecule has 0 bridgehead atoms. The Labute approximate surface area is 173 Å². The first-order valence-electron chi connectivity index (χ1n) is 9.50. The summed E-state index contributed by atoms with van der Waals surface area (Å²) in [6, 6.07) is 19.4. The number of hydrogen-bond donors (Lipinski definition) is 0. The minimum atomic E-state index is -0.517. The lowest BCUT2D eigenvalue weighted by Crippen LogP contribution is -2.60. The van der Waals surface area contributed by atoms with Crippen LogP contribution in [-0.4, -0.2) is 43.5 Å². The predicted octanol–water partition coefficient (Wildman–Crippen LogP) is 4.45. The fraction of sp³-hybridized carbons (Fsp3) is 0.429. The van der Waals surface area contributed by atoms with Crippen molar-refractivity contribution in [2.24, 2.45) is 5.11 Å². The highest BCUT2D eigenvalue weighted by Gasteiger charge is 2.50. The average Bonchev–Trinajstić information content (AvgIpc) is 2.79. The largest absolute Gasteiger partial charge is 0.355 e. The SMILES string of the molecule is COC1OC2COC(c3ccccc3)OC2C(N=[N+]=[N-])C1SCc1ccccc1. The molecule has 0 radical (unpaired) electrons. The molecule has 2 heterocycles. The normalized spacial score (nSPS) is 31.5. The van der Waals surface area contributed by atoms with Crippen molar-refractivity contribution in [1.29, 1.82) is 0 Å². The van der Waals surface area contributed by atoms with E-state index in [0.717, 1.165) is 11.3 Å². The average molecular weight is 413 g/mol. The second-order valence-electron chi connectivity index (χ2n) is 6.91. The molecule has 6 unspecified atom stereocenters. The van der Waals surface area contributed by atoms with E-state index in [9.17, 15) is 5.53 Å². The minimum absolute atomic E-state index is 0.202. The number of rotatable bonds is 6. The summed E-state index contributed by atoms with van der Waals surface area (Å²) in [6.45, 7) is 0.345. The van der Waals surface area contributed by atoms with Gasteiger partial charge in [0.25, 0.3) is 0 Å². The summed E-state index contributed by atoms with van der Waals surface area (Å²) in [5.74, 6) is 0.752. The van der Waals surface area contributed by atoms with Gasteiger partial charge in [-0.1, -0.05) is 65.8 Å². The number of azide groups is 1. The Bertz CT molecular complexity index is 828. The second kappa shape index (κ2) is 9.63. The fourth-order valence-corrected chi connectivity index (χ4v) is 4.99. The molecular formula is C21H23N3O4S. The molecule has 0 saturated carbocycles. The van der Waals surface area contributed by atoms with Gasteiger partial charge >= 0.3 is 0 Å². The molecule has 7 nitrogen and oxygen atoms in total. The third-order valence-electron chi connectivity index (χ3n) is 5.08. The summed E-state index contributed by atoms with van der Waals surface area (Å²) in [6.07, 6.45) is -1.80. The maximum absolute atomic E-state index is 9.23. The van der Waals surface area contributed by atoms with Gasteiger partial charge in [-0.15, -0.1) is 11.8 Å². The molecule has 6 atom stereocenters. The first kappa shape index (κ1) is 20.2. The van der Waals surface area contributed by atoms with Crippen LogP contribution in [0, 0.1) is 0 Å². The Morgan fingerprint density at radius 1 is 1.10 bits per heavy atom. The molecule has 2 saturated heterocycles. The molecule has 0 amide bonds. The van der Waals surface area contributed by atoms with E-state index in [2.05, 4.69) is 22.2 Å². The third kappa shape index (κ3) is 4.59. The minimum Gasteiger partial charge on any atom is -0.355 e. The van der Waals surface area contributed by atoms with E-state index in [1.54, 1.807) is 18.9 Å². The van der Waals surface area contributed by atoms with Gasteiger partial charge in [0.05, 0.1) is 24.0 Å². The Kier molecular flexibility index (Phi) is 6.71. The fourth-order valence-electron chi connectivity index (χ4n) is 3.67. The molecule has 0 spiro atoms. The lowest BCUT2D eigenvalue weighted by Gasteiger charge is -2.47. The Balaban J connectivity index is 1.55. The molecule has 2 aromatic carbocycles. The zero-order valence-electron chi connectivity index (χ0n) is 16.0. The van der Waals surface area contributed by atoms with E-state index in [1.165, 1.54) is 5.56 Å².